The van der Waals surface area contributed by atoms with Crippen molar-refractivity contribution in [2.75, 3.05) is 6.61 Å². The van der Waals surface area contributed by atoms with Crippen LogP contribution in [0.15, 0.2) is 66.7 Å². The Bertz CT molecular complexity index is 1010. The lowest BCUT2D eigenvalue weighted by molar-refractivity contribution is -0.151. The van der Waals surface area contributed by atoms with Gasteiger partial charge in [-0.1, -0.05) is 54.6 Å². The molecule has 3 aromatic rings. The highest BCUT2D eigenvalue weighted by molar-refractivity contribution is 5.79. The molecule has 156 valence electrons. The van der Waals surface area contributed by atoms with E-state index in [0.717, 1.165) is 16.5 Å². The highest BCUT2D eigenvalue weighted by Gasteiger charge is 2.30. The second kappa shape index (κ2) is 9.93. The van der Waals surface area contributed by atoms with Crippen molar-refractivity contribution < 1.29 is 24.9 Å². The van der Waals surface area contributed by atoms with Crippen molar-refractivity contribution in [2.45, 2.75) is 25.0 Å². The fourth-order valence-electron chi connectivity index (χ4n) is 3.16. The average Bonchev–Trinajstić information content (AvgIpc) is 2.74. The third-order valence-corrected chi connectivity index (χ3v) is 4.72. The fourth-order valence-corrected chi connectivity index (χ4v) is 3.16. The van der Waals surface area contributed by atoms with E-state index in [-0.39, 0.29) is 13.0 Å². The number of aliphatic carboxylic acids is 2. The van der Waals surface area contributed by atoms with Gasteiger partial charge in [-0.2, -0.15) is 0 Å². The highest BCUT2D eigenvalue weighted by atomic mass is 16.4. The molecular formula is C22H23N3O5. The zero-order valence-electron chi connectivity index (χ0n) is 16.2. The number of aromatic nitrogens is 1. The van der Waals surface area contributed by atoms with E-state index < -0.39 is 30.6 Å². The molecule has 3 rings (SSSR count). The van der Waals surface area contributed by atoms with Crippen molar-refractivity contribution >= 4 is 22.8 Å². The predicted octanol–water partition coefficient (Wildman–Crippen LogP) is 1.68. The molecule has 1 heterocycles. The molecular weight excluding hydrogens is 386 g/mol. The number of fused-ring (bicyclic) bond motifs is 1. The lowest BCUT2D eigenvalue weighted by atomic mass is 10.1. The zero-order valence-corrected chi connectivity index (χ0v) is 16.2. The van der Waals surface area contributed by atoms with Crippen molar-refractivity contribution in [3.63, 3.8) is 0 Å². The van der Waals surface area contributed by atoms with Crippen LogP contribution in [-0.2, 0) is 22.6 Å². The number of carbonyl (C=O) groups is 2. The topological polar surface area (TPSA) is 123 Å². The number of aliphatic hydroxyl groups is 1. The van der Waals surface area contributed by atoms with Gasteiger partial charge in [0.1, 0.15) is 12.1 Å². The molecule has 8 nitrogen and oxygen atoms in total. The molecule has 0 radical (unpaired) electrons. The quantitative estimate of drug-likeness (QED) is 0.373. The molecule has 0 spiro atoms. The minimum atomic E-state index is -1.31. The van der Waals surface area contributed by atoms with E-state index in [9.17, 15) is 24.9 Å². The standard InChI is InChI=1S/C22H23N3O5/c26-14-20(22(29)30)25(13-15-6-2-1-3-7-15)24-19(21(27)28)12-17-11-10-16-8-4-5-9-18(16)23-17/h1-11,19-20,24,26H,12-14H2,(H,27,28)(H,29,30)/t19-,20-/m0/s1. The number of nitrogens with one attached hydrogen (secondary N) is 1. The molecule has 0 aliphatic carbocycles. The molecule has 2 aromatic carbocycles. The number of carboxylic acids is 2. The van der Waals surface area contributed by atoms with Crippen LogP contribution in [-0.4, -0.2) is 55.9 Å². The summed E-state index contributed by atoms with van der Waals surface area (Å²) in [6, 6.07) is 17.7. The van der Waals surface area contributed by atoms with Crippen molar-refractivity contribution in [1.29, 1.82) is 0 Å². The van der Waals surface area contributed by atoms with Crippen molar-refractivity contribution in [2.24, 2.45) is 0 Å². The number of hydrogen-bond acceptors (Lipinski definition) is 6. The van der Waals surface area contributed by atoms with E-state index in [4.69, 9.17) is 0 Å². The van der Waals surface area contributed by atoms with Gasteiger partial charge >= 0.3 is 11.9 Å². The first kappa shape index (κ1) is 21.4. The minimum absolute atomic E-state index is 0.0449. The Balaban J connectivity index is 1.83. The summed E-state index contributed by atoms with van der Waals surface area (Å²) < 4.78 is 0. The van der Waals surface area contributed by atoms with Gasteiger partial charge in [-0.3, -0.25) is 14.6 Å². The number of rotatable bonds is 10. The van der Waals surface area contributed by atoms with Crippen LogP contribution in [0.25, 0.3) is 10.9 Å². The van der Waals surface area contributed by atoms with Gasteiger partial charge in [-0.05, 0) is 17.7 Å². The van der Waals surface area contributed by atoms with Gasteiger partial charge in [0.15, 0.2) is 0 Å². The second-order valence-electron chi connectivity index (χ2n) is 6.87. The maximum Gasteiger partial charge on any atom is 0.324 e. The first-order valence-corrected chi connectivity index (χ1v) is 9.46. The molecule has 0 aliphatic rings. The molecule has 30 heavy (non-hydrogen) atoms. The summed E-state index contributed by atoms with van der Waals surface area (Å²) in [6.07, 6.45) is 0.0449. The molecule has 0 amide bonds. The molecule has 0 aliphatic heterocycles. The Morgan fingerprint density at radius 3 is 2.30 bits per heavy atom. The van der Waals surface area contributed by atoms with Crippen molar-refractivity contribution in [3.8, 4) is 0 Å². The lowest BCUT2D eigenvalue weighted by Gasteiger charge is -2.31. The lowest BCUT2D eigenvalue weighted by Crippen LogP contribution is -2.56. The smallest absolute Gasteiger partial charge is 0.324 e. The van der Waals surface area contributed by atoms with E-state index in [1.54, 1.807) is 30.3 Å². The molecule has 4 N–H and O–H groups in total. The van der Waals surface area contributed by atoms with Crippen LogP contribution in [0.2, 0.25) is 0 Å². The van der Waals surface area contributed by atoms with Crippen LogP contribution < -0.4 is 5.43 Å². The van der Waals surface area contributed by atoms with Crippen LogP contribution in [0.3, 0.4) is 0 Å². The van der Waals surface area contributed by atoms with Gasteiger partial charge in [0.05, 0.1) is 12.1 Å². The Labute approximate surface area is 173 Å². The van der Waals surface area contributed by atoms with Crippen LogP contribution in [0.1, 0.15) is 11.3 Å². The van der Waals surface area contributed by atoms with E-state index in [1.165, 1.54) is 5.01 Å². The number of benzene rings is 2. The summed E-state index contributed by atoms with van der Waals surface area (Å²) in [5.41, 5.74) is 4.87. The molecule has 1 aromatic heterocycles. The van der Waals surface area contributed by atoms with E-state index >= 15 is 0 Å². The summed E-state index contributed by atoms with van der Waals surface area (Å²) in [6.45, 7) is -0.566. The minimum Gasteiger partial charge on any atom is -0.480 e. The van der Waals surface area contributed by atoms with Gasteiger partial charge < -0.3 is 15.3 Å². The molecule has 8 heteroatoms. The Morgan fingerprint density at radius 1 is 0.933 bits per heavy atom. The predicted molar refractivity (Wildman–Crippen MR) is 111 cm³/mol. The zero-order chi connectivity index (χ0) is 21.5. The van der Waals surface area contributed by atoms with Gasteiger partial charge in [0, 0.05) is 24.0 Å². The third kappa shape index (κ3) is 5.38. The van der Waals surface area contributed by atoms with Gasteiger partial charge in [-0.15, -0.1) is 0 Å². The normalized spacial score (nSPS) is 13.3. The summed E-state index contributed by atoms with van der Waals surface area (Å²) in [7, 11) is 0. The average molecular weight is 409 g/mol. The van der Waals surface area contributed by atoms with Gasteiger partial charge in [-0.25, -0.2) is 10.4 Å². The number of para-hydroxylation sites is 1. The Hall–Kier alpha value is -3.33. The fraction of sp³-hybridized carbons (Fsp3) is 0.227. The Kier molecular flexibility index (Phi) is 7.08. The third-order valence-electron chi connectivity index (χ3n) is 4.72. The molecule has 0 saturated carbocycles. The van der Waals surface area contributed by atoms with Crippen LogP contribution in [0.4, 0.5) is 0 Å². The number of nitrogens with zero attached hydrogens (tertiary/aromatic N) is 2. The SMILES string of the molecule is O=C(O)[C@H](Cc1ccc2ccccc2n1)NN(Cc1ccccc1)[C@@H](CO)C(=O)O. The number of hydrogen-bond donors (Lipinski definition) is 4. The second-order valence-corrected chi connectivity index (χ2v) is 6.87. The first-order valence-electron chi connectivity index (χ1n) is 9.46. The number of hydrazine groups is 1. The molecule has 0 saturated heterocycles. The van der Waals surface area contributed by atoms with Crippen LogP contribution in [0, 0.1) is 0 Å². The monoisotopic (exact) mass is 409 g/mol. The maximum atomic E-state index is 11.9. The summed E-state index contributed by atoms with van der Waals surface area (Å²) >= 11 is 0. The van der Waals surface area contributed by atoms with Crippen LogP contribution in [0.5, 0.6) is 0 Å². The number of pyridine rings is 1. The van der Waals surface area contributed by atoms with Gasteiger partial charge in [0.2, 0.25) is 0 Å². The maximum absolute atomic E-state index is 11.9. The van der Waals surface area contributed by atoms with E-state index in [1.807, 2.05) is 36.4 Å². The van der Waals surface area contributed by atoms with Crippen LogP contribution >= 0.6 is 0 Å². The number of aliphatic hydroxyl groups excluding tert-OH is 1. The molecule has 0 bridgehead atoms. The summed E-state index contributed by atoms with van der Waals surface area (Å²) in [5.74, 6) is -2.40. The number of carboxylic acid groups (broad SMARTS) is 2. The Morgan fingerprint density at radius 2 is 1.63 bits per heavy atom. The first-order chi connectivity index (χ1) is 14.5. The van der Waals surface area contributed by atoms with Crippen molar-refractivity contribution in [3.05, 3.63) is 78.0 Å². The molecule has 2 atom stereocenters. The molecule has 0 fully saturated rings. The van der Waals surface area contributed by atoms with Gasteiger partial charge in [0.25, 0.3) is 0 Å². The van der Waals surface area contributed by atoms with E-state index in [2.05, 4.69) is 10.4 Å². The largest absolute Gasteiger partial charge is 0.480 e. The summed E-state index contributed by atoms with van der Waals surface area (Å²) in [5, 5.41) is 31.0. The van der Waals surface area contributed by atoms with E-state index in [0.29, 0.717) is 5.69 Å². The highest BCUT2D eigenvalue weighted by Crippen LogP contribution is 2.14. The molecule has 0 unspecified atom stereocenters. The summed E-state index contributed by atoms with van der Waals surface area (Å²) in [4.78, 5) is 28.0. The van der Waals surface area contributed by atoms with Crippen molar-refractivity contribution in [1.82, 2.24) is 15.4 Å².